The number of nitrogens with two attached hydrogens (primary N) is 1. The molecule has 1 amide bonds. The van der Waals surface area contributed by atoms with Crippen LogP contribution in [0, 0.1) is 0 Å². The molecule has 0 aliphatic heterocycles. The van der Waals surface area contributed by atoms with E-state index in [0.717, 1.165) is 0 Å². The van der Waals surface area contributed by atoms with Gasteiger partial charge in [-0.15, -0.1) is 0 Å². The van der Waals surface area contributed by atoms with E-state index in [4.69, 9.17) is 27.2 Å². The Balaban J connectivity index is 2.61. The van der Waals surface area contributed by atoms with Crippen molar-refractivity contribution in [1.29, 1.82) is 0 Å². The Labute approximate surface area is 105 Å². The third-order valence-electron chi connectivity index (χ3n) is 2.08. The Morgan fingerprint density at radius 3 is 2.94 bits per heavy atom. The van der Waals surface area contributed by atoms with Crippen LogP contribution in [0.3, 0.4) is 0 Å². The number of rotatable bonds is 5. The Hall–Kier alpha value is -1.30. The maximum atomic E-state index is 11.6. The topological polar surface area (TPSA) is 84.6 Å². The van der Waals surface area contributed by atoms with Crippen LogP contribution in [-0.4, -0.2) is 30.3 Å². The average molecular weight is 259 g/mol. The normalized spacial score (nSPS) is 12.2. The molecule has 0 radical (unpaired) electrons. The highest BCUT2D eigenvalue weighted by molar-refractivity contribution is 6.34. The standard InChI is InChI=1S/C11H15ClN2O3/c1-7(17-5-4-15)11(16)14-10-3-2-8(13)6-9(10)12/h2-3,6-7,15H,4-5,13H2,1H3,(H,14,16). The Kier molecular flexibility index (Phi) is 5.21. The summed E-state index contributed by atoms with van der Waals surface area (Å²) in [6.07, 6.45) is -0.657. The number of carbonyl (C=O) groups excluding carboxylic acids is 1. The van der Waals surface area contributed by atoms with Gasteiger partial charge < -0.3 is 20.9 Å². The van der Waals surface area contributed by atoms with E-state index in [0.29, 0.717) is 16.4 Å². The molecule has 0 fully saturated rings. The molecule has 1 rings (SSSR count). The van der Waals surface area contributed by atoms with Crippen LogP contribution in [0.5, 0.6) is 0 Å². The van der Waals surface area contributed by atoms with Gasteiger partial charge in [0.05, 0.1) is 23.9 Å². The van der Waals surface area contributed by atoms with Gasteiger partial charge in [-0.25, -0.2) is 0 Å². The zero-order valence-corrected chi connectivity index (χ0v) is 10.2. The van der Waals surface area contributed by atoms with E-state index in [1.54, 1.807) is 25.1 Å². The monoisotopic (exact) mass is 258 g/mol. The summed E-state index contributed by atoms with van der Waals surface area (Å²) in [6, 6.07) is 4.81. The number of nitrogen functional groups attached to an aromatic ring is 1. The number of benzene rings is 1. The minimum Gasteiger partial charge on any atom is -0.399 e. The molecule has 1 unspecified atom stereocenters. The van der Waals surface area contributed by atoms with Crippen LogP contribution in [0.4, 0.5) is 11.4 Å². The van der Waals surface area contributed by atoms with Gasteiger partial charge in [-0.3, -0.25) is 4.79 Å². The van der Waals surface area contributed by atoms with E-state index in [9.17, 15) is 4.79 Å². The van der Waals surface area contributed by atoms with Crippen molar-refractivity contribution in [2.75, 3.05) is 24.3 Å². The summed E-state index contributed by atoms with van der Waals surface area (Å²) >= 11 is 5.91. The first-order chi connectivity index (χ1) is 8.04. The molecule has 17 heavy (non-hydrogen) atoms. The van der Waals surface area contributed by atoms with E-state index in [-0.39, 0.29) is 19.1 Å². The first-order valence-corrected chi connectivity index (χ1v) is 5.50. The van der Waals surface area contributed by atoms with Crippen LogP contribution >= 0.6 is 11.6 Å². The van der Waals surface area contributed by atoms with Crippen molar-refractivity contribution in [2.24, 2.45) is 0 Å². The fourth-order valence-electron chi connectivity index (χ4n) is 1.17. The second-order valence-corrected chi connectivity index (χ2v) is 3.87. The summed E-state index contributed by atoms with van der Waals surface area (Å²) in [5, 5.41) is 11.6. The first kappa shape index (κ1) is 13.8. The van der Waals surface area contributed by atoms with E-state index in [2.05, 4.69) is 5.32 Å². The fraction of sp³-hybridized carbons (Fsp3) is 0.364. The van der Waals surface area contributed by atoms with Gasteiger partial charge in [-0.1, -0.05) is 11.6 Å². The molecule has 5 nitrogen and oxygen atoms in total. The Morgan fingerprint density at radius 1 is 1.65 bits per heavy atom. The summed E-state index contributed by atoms with van der Waals surface area (Å²) in [5.41, 5.74) is 6.54. The third-order valence-corrected chi connectivity index (χ3v) is 2.39. The first-order valence-electron chi connectivity index (χ1n) is 5.13. The fourth-order valence-corrected chi connectivity index (χ4v) is 1.41. The van der Waals surface area contributed by atoms with Gasteiger partial charge in [0.1, 0.15) is 6.10 Å². The number of ether oxygens (including phenoxy) is 1. The molecule has 4 N–H and O–H groups in total. The highest BCUT2D eigenvalue weighted by Crippen LogP contribution is 2.24. The number of aliphatic hydroxyl groups excluding tert-OH is 1. The van der Waals surface area contributed by atoms with Crippen molar-refractivity contribution in [1.82, 2.24) is 0 Å². The molecule has 0 saturated carbocycles. The van der Waals surface area contributed by atoms with Crippen LogP contribution in [0.1, 0.15) is 6.92 Å². The number of anilines is 2. The molecule has 0 bridgehead atoms. The average Bonchev–Trinajstić information content (AvgIpc) is 2.29. The second kappa shape index (κ2) is 6.44. The van der Waals surface area contributed by atoms with Crippen molar-refractivity contribution in [2.45, 2.75) is 13.0 Å². The van der Waals surface area contributed by atoms with Crippen LogP contribution in [0.25, 0.3) is 0 Å². The zero-order valence-electron chi connectivity index (χ0n) is 9.44. The molecule has 94 valence electrons. The van der Waals surface area contributed by atoms with Crippen LogP contribution in [0.2, 0.25) is 5.02 Å². The van der Waals surface area contributed by atoms with Gasteiger partial charge in [0.15, 0.2) is 0 Å². The van der Waals surface area contributed by atoms with E-state index < -0.39 is 6.10 Å². The van der Waals surface area contributed by atoms with Crippen LogP contribution in [0.15, 0.2) is 18.2 Å². The summed E-state index contributed by atoms with van der Waals surface area (Å²) in [7, 11) is 0. The van der Waals surface area contributed by atoms with Crippen molar-refractivity contribution in [3.8, 4) is 0 Å². The SMILES string of the molecule is CC(OCCO)C(=O)Nc1ccc(N)cc1Cl. The maximum absolute atomic E-state index is 11.6. The quantitative estimate of drug-likeness (QED) is 0.694. The number of halogens is 1. The van der Waals surface area contributed by atoms with Crippen molar-refractivity contribution in [3.05, 3.63) is 23.2 Å². The predicted octanol–water partition coefficient (Wildman–Crippen LogP) is 1.26. The molecule has 1 atom stereocenters. The van der Waals surface area contributed by atoms with Crippen molar-refractivity contribution in [3.63, 3.8) is 0 Å². The van der Waals surface area contributed by atoms with Crippen LogP contribution < -0.4 is 11.1 Å². The maximum Gasteiger partial charge on any atom is 0.253 e. The van der Waals surface area contributed by atoms with Gasteiger partial charge >= 0.3 is 0 Å². The molecule has 0 saturated heterocycles. The number of carbonyl (C=O) groups is 1. The van der Waals surface area contributed by atoms with Gasteiger partial charge in [0, 0.05) is 5.69 Å². The molecule has 1 aromatic rings. The smallest absolute Gasteiger partial charge is 0.253 e. The van der Waals surface area contributed by atoms with E-state index >= 15 is 0 Å². The summed E-state index contributed by atoms with van der Waals surface area (Å²) in [4.78, 5) is 11.6. The second-order valence-electron chi connectivity index (χ2n) is 3.47. The number of hydrogen-bond donors (Lipinski definition) is 3. The van der Waals surface area contributed by atoms with Gasteiger partial charge in [-0.2, -0.15) is 0 Å². The van der Waals surface area contributed by atoms with Gasteiger partial charge in [-0.05, 0) is 25.1 Å². The minimum atomic E-state index is -0.657. The van der Waals surface area contributed by atoms with E-state index in [1.807, 2.05) is 0 Å². The Bertz CT molecular complexity index is 398. The predicted molar refractivity (Wildman–Crippen MR) is 67.0 cm³/mol. The highest BCUT2D eigenvalue weighted by Gasteiger charge is 2.14. The molecule has 0 aliphatic carbocycles. The molecule has 0 aliphatic rings. The lowest BCUT2D eigenvalue weighted by molar-refractivity contribution is -0.126. The molecule has 1 aromatic carbocycles. The molecular weight excluding hydrogens is 244 g/mol. The summed E-state index contributed by atoms with van der Waals surface area (Å²) < 4.78 is 5.06. The summed E-state index contributed by atoms with van der Waals surface area (Å²) in [6.45, 7) is 1.58. The van der Waals surface area contributed by atoms with E-state index in [1.165, 1.54) is 0 Å². The lowest BCUT2D eigenvalue weighted by atomic mass is 10.2. The van der Waals surface area contributed by atoms with Crippen LogP contribution in [-0.2, 0) is 9.53 Å². The van der Waals surface area contributed by atoms with Gasteiger partial charge in [0.2, 0.25) is 0 Å². The number of nitrogens with one attached hydrogen (secondary N) is 1. The minimum absolute atomic E-state index is 0.115. The zero-order chi connectivity index (χ0) is 12.8. The summed E-state index contributed by atoms with van der Waals surface area (Å²) in [5.74, 6) is -0.329. The van der Waals surface area contributed by atoms with Crippen molar-refractivity contribution >= 4 is 28.9 Å². The van der Waals surface area contributed by atoms with Crippen molar-refractivity contribution < 1.29 is 14.6 Å². The lowest BCUT2D eigenvalue weighted by Gasteiger charge is -2.13. The molecule has 6 heteroatoms. The number of amides is 1. The molecule has 0 heterocycles. The number of hydrogen-bond acceptors (Lipinski definition) is 4. The third kappa shape index (κ3) is 4.22. The molecule has 0 aromatic heterocycles. The number of aliphatic hydroxyl groups is 1. The largest absolute Gasteiger partial charge is 0.399 e. The molecular formula is C11H15ClN2O3. The molecule has 0 spiro atoms. The lowest BCUT2D eigenvalue weighted by Crippen LogP contribution is -2.28. The van der Waals surface area contributed by atoms with Gasteiger partial charge in [0.25, 0.3) is 5.91 Å². The Morgan fingerprint density at radius 2 is 2.35 bits per heavy atom. The highest BCUT2D eigenvalue weighted by atomic mass is 35.5.